The number of fused-ring (bicyclic) bond motifs is 7. The molecule has 1 fully saturated rings. The molecule has 0 aliphatic carbocycles. The highest BCUT2D eigenvalue weighted by Crippen LogP contribution is 2.28. The molecular weight excluding hydrogens is 502 g/mol. The molecule has 2 N–H and O–H groups in total. The summed E-state index contributed by atoms with van der Waals surface area (Å²) in [6.07, 6.45) is 2.96. The number of benzene rings is 2. The number of hydrogen-bond acceptors (Lipinski definition) is 8. The van der Waals surface area contributed by atoms with Crippen molar-refractivity contribution in [1.29, 1.82) is 0 Å². The van der Waals surface area contributed by atoms with E-state index >= 15 is 0 Å². The molecule has 4 heterocycles. The van der Waals surface area contributed by atoms with Crippen molar-refractivity contribution in [1.82, 2.24) is 25.7 Å². The third-order valence-electron chi connectivity index (χ3n) is 6.82. The van der Waals surface area contributed by atoms with E-state index in [4.69, 9.17) is 14.2 Å². The van der Waals surface area contributed by atoms with Crippen LogP contribution in [0.1, 0.15) is 38.3 Å². The molecule has 0 spiro atoms. The Morgan fingerprint density at radius 1 is 1.13 bits per heavy atom. The van der Waals surface area contributed by atoms with E-state index < -0.39 is 12.1 Å². The number of rotatable bonds is 2. The molecule has 3 aliphatic heterocycles. The monoisotopic (exact) mass is 531 g/mol. The van der Waals surface area contributed by atoms with E-state index in [2.05, 4.69) is 20.8 Å². The second-order valence-corrected chi connectivity index (χ2v) is 9.43. The number of hydrogen-bond donors (Lipinski definition) is 2. The summed E-state index contributed by atoms with van der Waals surface area (Å²) in [5, 5.41) is 13.4. The van der Waals surface area contributed by atoms with Gasteiger partial charge in [-0.1, -0.05) is 6.07 Å². The highest BCUT2D eigenvalue weighted by Gasteiger charge is 2.35. The van der Waals surface area contributed by atoms with Gasteiger partial charge in [0.25, 0.3) is 17.7 Å². The number of nitrogens with one attached hydrogen (secondary N) is 2. The van der Waals surface area contributed by atoms with Crippen LogP contribution in [-0.4, -0.2) is 71.8 Å². The number of likely N-dealkylation sites (tertiary alicyclic amines) is 1. The first-order valence-electron chi connectivity index (χ1n) is 12.6. The minimum atomic E-state index is -0.514. The molecule has 1 saturated heterocycles. The standard InChI is InChI=1S/C28H29N5O6/c1-17-3-4-18-11-24(17)38-16-26(34)29-13-19-5-6-21(12-25(19)37-2)39-23-8-10-33(15-22(23)32-27(18)35)28(36)20-7-9-30-31-14-20/h3-7,9,11-12,14,22-23H,8,10,13,15-16H2,1-2H3,(H,29,34)(H,32,35)/t22-,23+/m0/s1. The molecule has 11 heteroatoms. The van der Waals surface area contributed by atoms with Gasteiger partial charge >= 0.3 is 0 Å². The van der Waals surface area contributed by atoms with Crippen LogP contribution in [-0.2, 0) is 11.3 Å². The lowest BCUT2D eigenvalue weighted by atomic mass is 10.00. The number of amides is 3. The van der Waals surface area contributed by atoms with Crippen LogP contribution in [0.25, 0.3) is 0 Å². The van der Waals surface area contributed by atoms with Crippen LogP contribution in [0.3, 0.4) is 0 Å². The molecule has 2 atom stereocenters. The van der Waals surface area contributed by atoms with Gasteiger partial charge in [-0.05, 0) is 42.8 Å². The second-order valence-electron chi connectivity index (χ2n) is 9.43. The van der Waals surface area contributed by atoms with E-state index in [1.165, 1.54) is 12.4 Å². The number of carbonyl (C=O) groups is 3. The largest absolute Gasteiger partial charge is 0.496 e. The molecule has 0 saturated carbocycles. The van der Waals surface area contributed by atoms with Gasteiger partial charge in [0.2, 0.25) is 0 Å². The van der Waals surface area contributed by atoms with Crippen LogP contribution < -0.4 is 24.8 Å². The molecule has 11 nitrogen and oxygen atoms in total. The van der Waals surface area contributed by atoms with E-state index in [0.29, 0.717) is 41.3 Å². The fourth-order valence-electron chi connectivity index (χ4n) is 4.65. The summed E-state index contributed by atoms with van der Waals surface area (Å²) in [6.45, 7) is 2.55. The Labute approximate surface area is 225 Å². The molecule has 6 rings (SSSR count). The zero-order chi connectivity index (χ0) is 27.4. The smallest absolute Gasteiger partial charge is 0.258 e. The molecule has 39 heavy (non-hydrogen) atoms. The molecular formula is C28H29N5O6. The maximum absolute atomic E-state index is 13.4. The van der Waals surface area contributed by atoms with Gasteiger partial charge in [-0.15, -0.1) is 0 Å². The SMILES string of the molecule is COc1cc2ccc1CNC(=O)COc1cc(ccc1C)C(=O)N[C@H]1CN(C(=O)c3ccnnc3)CC[C@H]1O2. The van der Waals surface area contributed by atoms with Crippen LogP contribution in [0.2, 0.25) is 0 Å². The Hall–Kier alpha value is -4.67. The Balaban J connectivity index is 1.47. The molecule has 0 unspecified atom stereocenters. The zero-order valence-electron chi connectivity index (χ0n) is 21.7. The minimum Gasteiger partial charge on any atom is -0.496 e. The van der Waals surface area contributed by atoms with Gasteiger partial charge in [0.15, 0.2) is 6.61 Å². The lowest BCUT2D eigenvalue weighted by Crippen LogP contribution is -2.58. The first-order chi connectivity index (χ1) is 18.9. The van der Waals surface area contributed by atoms with Crippen molar-refractivity contribution in [3.05, 3.63) is 77.1 Å². The third-order valence-corrected chi connectivity index (χ3v) is 6.82. The zero-order valence-corrected chi connectivity index (χ0v) is 21.7. The molecule has 4 bridgehead atoms. The van der Waals surface area contributed by atoms with Crippen LogP contribution in [0.15, 0.2) is 54.9 Å². The van der Waals surface area contributed by atoms with Crippen molar-refractivity contribution in [2.45, 2.75) is 32.0 Å². The minimum absolute atomic E-state index is 0.199. The van der Waals surface area contributed by atoms with Crippen LogP contribution in [0.4, 0.5) is 0 Å². The maximum atomic E-state index is 13.4. The van der Waals surface area contributed by atoms with E-state index in [-0.39, 0.29) is 37.4 Å². The van der Waals surface area contributed by atoms with Gasteiger partial charge in [0.05, 0.1) is 31.1 Å². The molecule has 202 valence electrons. The number of methoxy groups -OCH3 is 1. The lowest BCUT2D eigenvalue weighted by molar-refractivity contribution is -0.123. The predicted molar refractivity (Wildman–Crippen MR) is 140 cm³/mol. The number of piperidine rings is 1. The fraction of sp³-hybridized carbons (Fsp3) is 0.321. The number of ether oxygens (including phenoxy) is 3. The summed E-state index contributed by atoms with van der Waals surface area (Å²) < 4.78 is 17.6. The van der Waals surface area contributed by atoms with Crippen LogP contribution in [0, 0.1) is 6.92 Å². The van der Waals surface area contributed by atoms with Crippen LogP contribution >= 0.6 is 0 Å². The van der Waals surface area contributed by atoms with Crippen molar-refractivity contribution in [3.63, 3.8) is 0 Å². The topological polar surface area (TPSA) is 132 Å². The molecule has 0 radical (unpaired) electrons. The highest BCUT2D eigenvalue weighted by atomic mass is 16.5. The third kappa shape index (κ3) is 5.92. The van der Waals surface area contributed by atoms with E-state index in [1.807, 2.05) is 13.0 Å². The van der Waals surface area contributed by atoms with Crippen molar-refractivity contribution in [3.8, 4) is 17.2 Å². The van der Waals surface area contributed by atoms with Gasteiger partial charge < -0.3 is 29.7 Å². The predicted octanol–water partition coefficient (Wildman–Crippen LogP) is 1.89. The summed E-state index contributed by atoms with van der Waals surface area (Å²) in [7, 11) is 1.55. The van der Waals surface area contributed by atoms with Gasteiger partial charge in [0.1, 0.15) is 23.4 Å². The summed E-state index contributed by atoms with van der Waals surface area (Å²) in [5.41, 5.74) is 2.35. The number of carbonyl (C=O) groups excluding carboxylic acids is 3. The van der Waals surface area contributed by atoms with Crippen molar-refractivity contribution in [2.75, 3.05) is 26.8 Å². The molecule has 3 amide bonds. The number of aryl methyl sites for hydroxylation is 1. The number of nitrogens with zero attached hydrogens (tertiary/aromatic N) is 3. The highest BCUT2D eigenvalue weighted by molar-refractivity contribution is 5.96. The first kappa shape index (κ1) is 26.0. The lowest BCUT2D eigenvalue weighted by Gasteiger charge is -2.39. The average Bonchev–Trinajstić information content (AvgIpc) is 2.96. The Kier molecular flexibility index (Phi) is 7.57. The van der Waals surface area contributed by atoms with Crippen molar-refractivity contribution in [2.24, 2.45) is 0 Å². The van der Waals surface area contributed by atoms with Gasteiger partial charge in [-0.2, -0.15) is 10.2 Å². The Morgan fingerprint density at radius 2 is 2.00 bits per heavy atom. The summed E-state index contributed by atoms with van der Waals surface area (Å²) in [4.78, 5) is 40.6. The molecule has 3 aliphatic rings. The van der Waals surface area contributed by atoms with Gasteiger partial charge in [-0.3, -0.25) is 14.4 Å². The summed E-state index contributed by atoms with van der Waals surface area (Å²) >= 11 is 0. The van der Waals surface area contributed by atoms with Gasteiger partial charge in [-0.25, -0.2) is 0 Å². The molecule has 1 aromatic heterocycles. The average molecular weight is 532 g/mol. The summed E-state index contributed by atoms with van der Waals surface area (Å²) in [5.74, 6) is 0.682. The Morgan fingerprint density at radius 3 is 2.79 bits per heavy atom. The van der Waals surface area contributed by atoms with E-state index in [9.17, 15) is 14.4 Å². The number of aromatic nitrogens is 2. The maximum Gasteiger partial charge on any atom is 0.258 e. The van der Waals surface area contributed by atoms with Crippen molar-refractivity contribution >= 4 is 17.7 Å². The quantitative estimate of drug-likeness (QED) is 0.513. The van der Waals surface area contributed by atoms with Crippen molar-refractivity contribution < 1.29 is 28.6 Å². The van der Waals surface area contributed by atoms with Gasteiger partial charge in [0, 0.05) is 43.2 Å². The molecule has 2 aromatic carbocycles. The molecule has 3 aromatic rings. The second kappa shape index (κ2) is 11.4. The van der Waals surface area contributed by atoms with E-state index in [1.54, 1.807) is 48.4 Å². The summed E-state index contributed by atoms with van der Waals surface area (Å²) in [6, 6.07) is 11.5. The fourth-order valence-corrected chi connectivity index (χ4v) is 4.65. The van der Waals surface area contributed by atoms with E-state index in [0.717, 1.165) is 11.1 Å². The normalized spacial score (nSPS) is 19.5. The Bertz CT molecular complexity index is 1380. The van der Waals surface area contributed by atoms with Crippen LogP contribution in [0.5, 0.6) is 17.2 Å². The first-order valence-corrected chi connectivity index (χ1v) is 12.6.